The second-order valence-corrected chi connectivity index (χ2v) is 7.52. The molecule has 0 spiro atoms. The van der Waals surface area contributed by atoms with Gasteiger partial charge in [0.2, 0.25) is 5.82 Å². The lowest BCUT2D eigenvalue weighted by Gasteiger charge is -2.37. The molecule has 0 unspecified atom stereocenters. The van der Waals surface area contributed by atoms with Gasteiger partial charge < -0.3 is 9.84 Å². The van der Waals surface area contributed by atoms with Crippen LogP contribution < -0.4 is 9.64 Å². The molecule has 1 aliphatic rings. The molecule has 0 fully saturated rings. The number of alkyl halides is 2. The smallest absolute Gasteiger partial charge is 0.480 e. The van der Waals surface area contributed by atoms with Crippen LogP contribution in [0.15, 0.2) is 12.1 Å². The van der Waals surface area contributed by atoms with E-state index in [1.807, 2.05) is 0 Å². The molecular formula is C20H13F8NO4. The van der Waals surface area contributed by atoms with Crippen molar-refractivity contribution in [2.75, 3.05) is 4.90 Å². The van der Waals surface area contributed by atoms with Crippen molar-refractivity contribution in [1.82, 2.24) is 0 Å². The molecule has 3 rings (SSSR count). The van der Waals surface area contributed by atoms with Crippen molar-refractivity contribution in [3.8, 4) is 16.9 Å². The van der Waals surface area contributed by atoms with Crippen LogP contribution in [0, 0.1) is 40.8 Å². The molecule has 0 saturated heterocycles. The van der Waals surface area contributed by atoms with E-state index in [9.17, 15) is 49.8 Å². The number of aliphatic carboxylic acids is 1. The average molecular weight is 483 g/mol. The molecule has 0 saturated carbocycles. The van der Waals surface area contributed by atoms with E-state index < -0.39 is 87.4 Å². The van der Waals surface area contributed by atoms with Gasteiger partial charge in [-0.05, 0) is 18.4 Å². The molecule has 0 radical (unpaired) electrons. The molecule has 5 nitrogen and oxygen atoms in total. The Kier molecular flexibility index (Phi) is 6.03. The predicted octanol–water partition coefficient (Wildman–Crippen LogP) is 5.01. The summed E-state index contributed by atoms with van der Waals surface area (Å²) in [6, 6.07) is -1.52. The summed E-state index contributed by atoms with van der Waals surface area (Å²) in [4.78, 5) is 24.1. The number of hydrogen-bond donors (Lipinski definition) is 1. The molecule has 0 bridgehead atoms. The van der Waals surface area contributed by atoms with Crippen molar-refractivity contribution in [3.63, 3.8) is 0 Å². The third kappa shape index (κ3) is 3.95. The number of carbonyl (C=O) groups excluding carboxylic acids is 1. The molecular weight excluding hydrogens is 470 g/mol. The zero-order valence-corrected chi connectivity index (χ0v) is 16.7. The summed E-state index contributed by atoms with van der Waals surface area (Å²) < 4.78 is 116. The Morgan fingerprint density at radius 3 is 2.00 bits per heavy atom. The first kappa shape index (κ1) is 24.3. The molecule has 178 valence electrons. The lowest BCUT2D eigenvalue weighted by atomic mass is 9.98. The minimum Gasteiger partial charge on any atom is -0.480 e. The van der Waals surface area contributed by atoms with E-state index in [1.54, 1.807) is 0 Å². The standard InChI is InChI=1S/C20H13F8NO4/c1-6(2)3-10(18(30)31)29-9-4-7(8(21)5-11(9)33-20(27,28)19(29)32)12-13(22)15(24)17(26)16(25)14(12)23/h4-6,10H,3H2,1-2H3,(H,30,31)/t10-/m1/s1. The molecule has 1 N–H and O–H groups in total. The molecule has 1 atom stereocenters. The summed E-state index contributed by atoms with van der Waals surface area (Å²) in [6.07, 6.45) is -5.01. The van der Waals surface area contributed by atoms with Crippen molar-refractivity contribution in [2.45, 2.75) is 32.4 Å². The number of ether oxygens (including phenoxy) is 1. The fourth-order valence-corrected chi connectivity index (χ4v) is 3.35. The summed E-state index contributed by atoms with van der Waals surface area (Å²) in [5, 5.41) is 9.51. The maximum absolute atomic E-state index is 14.6. The van der Waals surface area contributed by atoms with E-state index in [0.717, 1.165) is 0 Å². The van der Waals surface area contributed by atoms with Gasteiger partial charge in [0, 0.05) is 11.6 Å². The van der Waals surface area contributed by atoms with Gasteiger partial charge in [0.15, 0.2) is 29.0 Å². The highest BCUT2D eigenvalue weighted by atomic mass is 19.3. The molecule has 13 heteroatoms. The van der Waals surface area contributed by atoms with E-state index in [-0.39, 0.29) is 17.4 Å². The van der Waals surface area contributed by atoms with Crippen molar-refractivity contribution in [3.05, 3.63) is 47.0 Å². The molecule has 0 aliphatic carbocycles. The minimum atomic E-state index is -4.63. The largest absolute Gasteiger partial charge is 0.483 e. The Bertz CT molecular complexity index is 1140. The molecule has 33 heavy (non-hydrogen) atoms. The van der Waals surface area contributed by atoms with Crippen molar-refractivity contribution >= 4 is 17.6 Å². The van der Waals surface area contributed by atoms with Gasteiger partial charge in [-0.25, -0.2) is 31.1 Å². The number of anilines is 1. The lowest BCUT2D eigenvalue weighted by Crippen LogP contribution is -2.57. The second-order valence-electron chi connectivity index (χ2n) is 7.52. The zero-order valence-electron chi connectivity index (χ0n) is 16.7. The maximum atomic E-state index is 14.6. The molecule has 1 heterocycles. The van der Waals surface area contributed by atoms with E-state index in [4.69, 9.17) is 0 Å². The highest BCUT2D eigenvalue weighted by Crippen LogP contribution is 2.45. The van der Waals surface area contributed by atoms with Crippen LogP contribution in [-0.2, 0) is 9.59 Å². The Balaban J connectivity index is 2.34. The summed E-state index contributed by atoms with van der Waals surface area (Å²) in [5.41, 5.74) is -3.91. The molecule has 2 aromatic rings. The van der Waals surface area contributed by atoms with Crippen LogP contribution >= 0.6 is 0 Å². The van der Waals surface area contributed by atoms with Gasteiger partial charge in [-0.15, -0.1) is 0 Å². The number of rotatable bonds is 5. The normalized spacial score (nSPS) is 16.0. The lowest BCUT2D eigenvalue weighted by molar-refractivity contribution is -0.194. The summed E-state index contributed by atoms with van der Waals surface area (Å²) >= 11 is 0. The van der Waals surface area contributed by atoms with E-state index in [1.165, 1.54) is 13.8 Å². The Morgan fingerprint density at radius 2 is 1.52 bits per heavy atom. The topological polar surface area (TPSA) is 66.8 Å². The fraction of sp³-hybridized carbons (Fsp3) is 0.300. The van der Waals surface area contributed by atoms with E-state index in [2.05, 4.69) is 4.74 Å². The van der Waals surface area contributed by atoms with Crippen LogP contribution in [-0.4, -0.2) is 29.1 Å². The number of fused-ring (bicyclic) bond motifs is 1. The van der Waals surface area contributed by atoms with Gasteiger partial charge in [-0.3, -0.25) is 9.69 Å². The first-order valence-corrected chi connectivity index (χ1v) is 9.17. The van der Waals surface area contributed by atoms with Gasteiger partial charge in [-0.2, -0.15) is 8.78 Å². The molecule has 0 aromatic heterocycles. The summed E-state index contributed by atoms with van der Waals surface area (Å²) in [6.45, 7) is 3.01. The van der Waals surface area contributed by atoms with Crippen LogP contribution in [0.25, 0.3) is 11.1 Å². The van der Waals surface area contributed by atoms with E-state index >= 15 is 0 Å². The average Bonchev–Trinajstić information content (AvgIpc) is 2.71. The van der Waals surface area contributed by atoms with Gasteiger partial charge >= 0.3 is 18.0 Å². The Labute approximate surface area is 180 Å². The monoisotopic (exact) mass is 483 g/mol. The van der Waals surface area contributed by atoms with Crippen molar-refractivity contribution in [1.29, 1.82) is 0 Å². The third-order valence-corrected chi connectivity index (χ3v) is 4.78. The molecule has 1 amide bonds. The number of carbonyl (C=O) groups is 2. The van der Waals surface area contributed by atoms with Gasteiger partial charge in [-0.1, -0.05) is 13.8 Å². The van der Waals surface area contributed by atoms with Crippen molar-refractivity contribution < 1.29 is 54.6 Å². The van der Waals surface area contributed by atoms with Crippen LogP contribution in [0.4, 0.5) is 40.8 Å². The number of benzene rings is 2. The first-order chi connectivity index (χ1) is 15.2. The fourth-order valence-electron chi connectivity index (χ4n) is 3.35. The third-order valence-electron chi connectivity index (χ3n) is 4.78. The number of amides is 1. The van der Waals surface area contributed by atoms with Crippen LogP contribution in [0.1, 0.15) is 20.3 Å². The van der Waals surface area contributed by atoms with Gasteiger partial charge in [0.05, 0.1) is 11.3 Å². The number of halogens is 8. The highest BCUT2D eigenvalue weighted by molar-refractivity contribution is 6.05. The zero-order chi connectivity index (χ0) is 25.0. The summed E-state index contributed by atoms with van der Waals surface area (Å²) in [7, 11) is 0. The van der Waals surface area contributed by atoms with Gasteiger partial charge in [0.1, 0.15) is 11.9 Å². The SMILES string of the molecule is CC(C)C[C@H](C(=O)O)N1C(=O)C(F)(F)Oc2cc(F)c(-c3c(F)c(F)c(F)c(F)c3F)cc21. The predicted molar refractivity (Wildman–Crippen MR) is 95.6 cm³/mol. The molecule has 2 aromatic carbocycles. The minimum absolute atomic E-state index is 0.0379. The van der Waals surface area contributed by atoms with Crippen LogP contribution in [0.5, 0.6) is 5.75 Å². The van der Waals surface area contributed by atoms with Gasteiger partial charge in [0.25, 0.3) is 0 Å². The number of carboxylic acid groups (broad SMARTS) is 1. The van der Waals surface area contributed by atoms with E-state index in [0.29, 0.717) is 6.07 Å². The first-order valence-electron chi connectivity index (χ1n) is 9.17. The maximum Gasteiger partial charge on any atom is 0.483 e. The Hall–Kier alpha value is -3.38. The summed E-state index contributed by atoms with van der Waals surface area (Å²) in [5.74, 6) is -19.4. The Morgan fingerprint density at radius 1 is 1.00 bits per heavy atom. The highest BCUT2D eigenvalue weighted by Gasteiger charge is 2.54. The quantitative estimate of drug-likeness (QED) is 0.369. The number of hydrogen-bond acceptors (Lipinski definition) is 3. The number of nitrogens with zero attached hydrogens (tertiary/aromatic N) is 1. The number of carboxylic acids is 1. The molecule has 1 aliphatic heterocycles. The van der Waals surface area contributed by atoms with Crippen LogP contribution in [0.3, 0.4) is 0 Å². The van der Waals surface area contributed by atoms with Crippen molar-refractivity contribution in [2.24, 2.45) is 5.92 Å². The van der Waals surface area contributed by atoms with Crippen LogP contribution in [0.2, 0.25) is 0 Å². The second kappa shape index (κ2) is 8.19.